The summed E-state index contributed by atoms with van der Waals surface area (Å²) in [7, 11) is 0. The minimum atomic E-state index is -0.384. The van der Waals surface area contributed by atoms with E-state index in [2.05, 4.69) is 0 Å². The summed E-state index contributed by atoms with van der Waals surface area (Å²) in [6.45, 7) is 2.04. The second-order valence-corrected chi connectivity index (χ2v) is 5.55. The Balaban J connectivity index is 2.15. The summed E-state index contributed by atoms with van der Waals surface area (Å²) < 4.78 is 4.89. The average Bonchev–Trinajstić information content (AvgIpc) is 2.71. The molecule has 0 N–H and O–H groups in total. The van der Waals surface area contributed by atoms with Gasteiger partial charge in [0.25, 0.3) is 0 Å². The summed E-state index contributed by atoms with van der Waals surface area (Å²) in [5.74, 6) is -0.0650. The first-order chi connectivity index (χ1) is 9.11. The monoisotopic (exact) mass is 299 g/mol. The number of rotatable bonds is 4. The molecule has 0 bridgehead atoms. The molecule has 1 aromatic carbocycles. The van der Waals surface area contributed by atoms with E-state index in [1.807, 2.05) is 18.2 Å². The molecule has 1 aromatic rings. The van der Waals surface area contributed by atoms with Gasteiger partial charge in [-0.2, -0.15) is 0 Å². The number of benzene rings is 1. The molecule has 0 saturated carbocycles. The van der Waals surface area contributed by atoms with Gasteiger partial charge in [-0.05, 0) is 24.6 Å². The van der Waals surface area contributed by atoms with Gasteiger partial charge in [-0.3, -0.25) is 9.59 Å². The number of carbonyl (C=O) groups excluding carboxylic acids is 2. The van der Waals surface area contributed by atoms with E-state index in [0.29, 0.717) is 17.4 Å². The quantitative estimate of drug-likeness (QED) is 0.801. The summed E-state index contributed by atoms with van der Waals surface area (Å²) in [6.07, 6.45) is 0. The summed E-state index contributed by atoms with van der Waals surface area (Å²) in [5.41, 5.74) is 0.924. The van der Waals surface area contributed by atoms with Crippen molar-refractivity contribution in [3.05, 3.63) is 34.9 Å². The van der Waals surface area contributed by atoms with Crippen molar-refractivity contribution in [1.82, 2.24) is 4.90 Å². The summed E-state index contributed by atoms with van der Waals surface area (Å²) in [6, 6.07) is 7.34. The Bertz CT molecular complexity index is 495. The van der Waals surface area contributed by atoms with Crippen LogP contribution in [-0.4, -0.2) is 35.7 Å². The molecular formula is C13H14ClNO3S. The van der Waals surface area contributed by atoms with Crippen LogP contribution in [-0.2, 0) is 14.3 Å². The van der Waals surface area contributed by atoms with Crippen LogP contribution < -0.4 is 0 Å². The molecule has 1 amide bonds. The minimum absolute atomic E-state index is 0.0170. The molecule has 19 heavy (non-hydrogen) atoms. The number of hydrogen-bond acceptors (Lipinski definition) is 4. The Kier molecular flexibility index (Phi) is 4.71. The Morgan fingerprint density at radius 2 is 2.37 bits per heavy atom. The highest BCUT2D eigenvalue weighted by molar-refractivity contribution is 8.00. The first-order valence-corrected chi connectivity index (χ1v) is 7.36. The maximum Gasteiger partial charge on any atom is 0.325 e. The third-order valence-electron chi connectivity index (χ3n) is 2.71. The van der Waals surface area contributed by atoms with Gasteiger partial charge in [0.15, 0.2) is 0 Å². The van der Waals surface area contributed by atoms with E-state index in [-0.39, 0.29) is 23.8 Å². The molecule has 1 saturated heterocycles. The molecule has 4 nitrogen and oxygen atoms in total. The highest BCUT2D eigenvalue weighted by atomic mass is 35.5. The normalized spacial score (nSPS) is 18.7. The van der Waals surface area contributed by atoms with Gasteiger partial charge in [0.1, 0.15) is 11.9 Å². The Labute approximate surface area is 121 Å². The van der Waals surface area contributed by atoms with Gasteiger partial charge < -0.3 is 9.64 Å². The van der Waals surface area contributed by atoms with Gasteiger partial charge in [0, 0.05) is 5.02 Å². The van der Waals surface area contributed by atoms with Gasteiger partial charge in [-0.25, -0.2) is 0 Å². The van der Waals surface area contributed by atoms with E-state index in [1.165, 1.54) is 16.7 Å². The van der Waals surface area contributed by atoms with Crippen LogP contribution in [0.15, 0.2) is 24.3 Å². The topological polar surface area (TPSA) is 46.6 Å². The van der Waals surface area contributed by atoms with Crippen molar-refractivity contribution >= 4 is 35.2 Å². The summed E-state index contributed by atoms with van der Waals surface area (Å²) in [5, 5.41) is 0.448. The lowest BCUT2D eigenvalue weighted by atomic mass is 10.2. The standard InChI is InChI=1S/C13H14ClNO3S/c1-2-18-12(17)7-15-11(16)8-19-13(15)9-4-3-5-10(14)6-9/h3-6,13H,2,7-8H2,1H3. The van der Waals surface area contributed by atoms with E-state index < -0.39 is 0 Å². The van der Waals surface area contributed by atoms with Gasteiger partial charge >= 0.3 is 5.97 Å². The molecular weight excluding hydrogens is 286 g/mol. The van der Waals surface area contributed by atoms with Gasteiger partial charge in [0.2, 0.25) is 5.91 Å². The molecule has 0 spiro atoms. The fourth-order valence-electron chi connectivity index (χ4n) is 1.91. The first-order valence-electron chi connectivity index (χ1n) is 5.94. The molecule has 0 radical (unpaired) electrons. The molecule has 1 aliphatic rings. The molecule has 0 aliphatic carbocycles. The van der Waals surface area contributed by atoms with Gasteiger partial charge in [-0.1, -0.05) is 23.7 Å². The third-order valence-corrected chi connectivity index (χ3v) is 4.20. The Morgan fingerprint density at radius 3 is 3.05 bits per heavy atom. The van der Waals surface area contributed by atoms with Gasteiger partial charge in [0.05, 0.1) is 12.4 Å². The van der Waals surface area contributed by atoms with Crippen LogP contribution >= 0.6 is 23.4 Å². The number of thioether (sulfide) groups is 1. The van der Waals surface area contributed by atoms with Crippen LogP contribution in [0.2, 0.25) is 5.02 Å². The van der Waals surface area contributed by atoms with Crippen LogP contribution in [0.5, 0.6) is 0 Å². The predicted molar refractivity (Wildman–Crippen MR) is 75.0 cm³/mol. The minimum Gasteiger partial charge on any atom is -0.465 e. The van der Waals surface area contributed by atoms with Crippen LogP contribution in [0, 0.1) is 0 Å². The molecule has 1 fully saturated rings. The lowest BCUT2D eigenvalue weighted by molar-refractivity contribution is -0.148. The van der Waals surface area contributed by atoms with Crippen molar-refractivity contribution in [2.75, 3.05) is 18.9 Å². The van der Waals surface area contributed by atoms with Crippen LogP contribution in [0.4, 0.5) is 0 Å². The van der Waals surface area contributed by atoms with Crippen LogP contribution in [0.1, 0.15) is 17.9 Å². The SMILES string of the molecule is CCOC(=O)CN1C(=O)CSC1c1cccc(Cl)c1. The molecule has 1 atom stereocenters. The lowest BCUT2D eigenvalue weighted by Gasteiger charge is -2.23. The zero-order chi connectivity index (χ0) is 13.8. The van der Waals surface area contributed by atoms with Crippen molar-refractivity contribution in [1.29, 1.82) is 0 Å². The van der Waals surface area contributed by atoms with Crippen molar-refractivity contribution < 1.29 is 14.3 Å². The van der Waals surface area contributed by atoms with Crippen LogP contribution in [0.25, 0.3) is 0 Å². The van der Waals surface area contributed by atoms with Crippen molar-refractivity contribution in [2.45, 2.75) is 12.3 Å². The largest absolute Gasteiger partial charge is 0.465 e. The summed E-state index contributed by atoms with van der Waals surface area (Å²) >= 11 is 7.45. The number of amides is 1. The third kappa shape index (κ3) is 3.42. The molecule has 0 aromatic heterocycles. The zero-order valence-electron chi connectivity index (χ0n) is 10.5. The number of nitrogens with zero attached hydrogens (tertiary/aromatic N) is 1. The van der Waals surface area contributed by atoms with E-state index in [0.717, 1.165) is 5.56 Å². The second kappa shape index (κ2) is 6.30. The number of esters is 1. The van der Waals surface area contributed by atoms with E-state index >= 15 is 0 Å². The van der Waals surface area contributed by atoms with Crippen molar-refractivity contribution in [3.63, 3.8) is 0 Å². The highest BCUT2D eigenvalue weighted by Crippen LogP contribution is 2.38. The Hall–Kier alpha value is -1.20. The molecule has 1 unspecified atom stereocenters. The van der Waals surface area contributed by atoms with E-state index in [1.54, 1.807) is 13.0 Å². The Morgan fingerprint density at radius 1 is 1.58 bits per heavy atom. The van der Waals surface area contributed by atoms with Gasteiger partial charge in [-0.15, -0.1) is 11.8 Å². The van der Waals surface area contributed by atoms with E-state index in [9.17, 15) is 9.59 Å². The van der Waals surface area contributed by atoms with Crippen molar-refractivity contribution in [3.8, 4) is 0 Å². The van der Waals surface area contributed by atoms with E-state index in [4.69, 9.17) is 16.3 Å². The molecule has 1 aliphatic heterocycles. The fraction of sp³-hybridized carbons (Fsp3) is 0.385. The molecule has 102 valence electrons. The average molecular weight is 300 g/mol. The summed E-state index contributed by atoms with van der Waals surface area (Å²) in [4.78, 5) is 24.9. The maximum atomic E-state index is 11.8. The number of halogens is 1. The fourth-order valence-corrected chi connectivity index (χ4v) is 3.28. The van der Waals surface area contributed by atoms with Crippen LogP contribution in [0.3, 0.4) is 0 Å². The predicted octanol–water partition coefficient (Wildman–Crippen LogP) is 2.48. The number of carbonyl (C=O) groups is 2. The molecule has 6 heteroatoms. The maximum absolute atomic E-state index is 11.8. The number of ether oxygens (including phenoxy) is 1. The van der Waals surface area contributed by atoms with Crippen molar-refractivity contribution in [2.24, 2.45) is 0 Å². The smallest absolute Gasteiger partial charge is 0.325 e. The number of hydrogen-bond donors (Lipinski definition) is 0. The molecule has 2 rings (SSSR count). The molecule has 1 heterocycles. The second-order valence-electron chi connectivity index (χ2n) is 4.05. The zero-order valence-corrected chi connectivity index (χ0v) is 12.0. The lowest BCUT2D eigenvalue weighted by Crippen LogP contribution is -2.34. The highest BCUT2D eigenvalue weighted by Gasteiger charge is 2.34. The first kappa shape index (κ1) is 14.2.